The van der Waals surface area contributed by atoms with Gasteiger partial charge in [0.25, 0.3) is 0 Å². The number of allylic oxidation sites excluding steroid dienone is 1. The molecule has 0 atom stereocenters. The molecule has 0 amide bonds. The van der Waals surface area contributed by atoms with Gasteiger partial charge in [-0.3, -0.25) is 4.79 Å². The molecule has 1 rings (SSSR count). The van der Waals surface area contributed by atoms with E-state index < -0.39 is 0 Å². The van der Waals surface area contributed by atoms with Crippen molar-refractivity contribution in [2.45, 2.75) is 6.61 Å². The Labute approximate surface area is 71.1 Å². The van der Waals surface area contributed by atoms with Crippen molar-refractivity contribution in [1.29, 1.82) is 0 Å². The van der Waals surface area contributed by atoms with Crippen LogP contribution in [-0.4, -0.2) is 18.4 Å². The number of hydrogen-bond acceptors (Lipinski definition) is 2. The van der Waals surface area contributed by atoms with Crippen LogP contribution >= 0.6 is 0 Å². The molecule has 0 spiro atoms. The zero-order valence-corrected chi connectivity index (χ0v) is 6.91. The van der Waals surface area contributed by atoms with Crippen LogP contribution in [0.3, 0.4) is 0 Å². The average Bonchev–Trinajstić information content (AvgIpc) is 2.50. The molecular formula is C9H11NO2. The average molecular weight is 165 g/mol. The second-order valence-corrected chi connectivity index (χ2v) is 2.34. The van der Waals surface area contributed by atoms with E-state index in [9.17, 15) is 4.79 Å². The molecule has 0 aliphatic carbocycles. The highest BCUT2D eigenvalue weighted by atomic mass is 16.5. The molecule has 3 nitrogen and oxygen atoms in total. The number of H-pyrrole nitrogens is 1. The van der Waals surface area contributed by atoms with Gasteiger partial charge >= 0.3 is 0 Å². The highest BCUT2D eigenvalue weighted by Crippen LogP contribution is 2.08. The molecule has 0 aliphatic heterocycles. The highest BCUT2D eigenvalue weighted by Gasteiger charge is 1.98. The van der Waals surface area contributed by atoms with Crippen LogP contribution in [-0.2, 0) is 16.1 Å². The number of hydrogen-bond donors (Lipinski definition) is 1. The predicted molar refractivity (Wildman–Crippen MR) is 46.6 cm³/mol. The monoisotopic (exact) mass is 165 g/mol. The molecular weight excluding hydrogens is 154 g/mol. The molecule has 3 heteroatoms. The van der Waals surface area contributed by atoms with Crippen molar-refractivity contribution < 1.29 is 9.53 Å². The van der Waals surface area contributed by atoms with Gasteiger partial charge in [0.1, 0.15) is 6.29 Å². The maximum absolute atomic E-state index is 10.0. The Morgan fingerprint density at radius 1 is 1.67 bits per heavy atom. The lowest BCUT2D eigenvalue weighted by Gasteiger charge is -1.96. The second kappa shape index (κ2) is 4.51. The van der Waals surface area contributed by atoms with Crippen molar-refractivity contribution >= 4 is 12.4 Å². The SMILES string of the molecule is COCc1cc[nH]c1C=CC=O. The van der Waals surface area contributed by atoms with Crippen molar-refractivity contribution in [2.24, 2.45) is 0 Å². The number of aromatic amines is 1. The molecule has 1 N–H and O–H groups in total. The number of ether oxygens (including phenoxy) is 1. The Balaban J connectivity index is 2.76. The first-order valence-electron chi connectivity index (χ1n) is 3.65. The summed E-state index contributed by atoms with van der Waals surface area (Å²) in [6, 6.07) is 1.92. The van der Waals surface area contributed by atoms with Crippen LogP contribution in [0.25, 0.3) is 6.08 Å². The molecule has 1 aromatic heterocycles. The maximum atomic E-state index is 10.0. The zero-order valence-electron chi connectivity index (χ0n) is 6.91. The molecule has 0 aliphatic rings. The van der Waals surface area contributed by atoms with Gasteiger partial charge in [-0.05, 0) is 18.2 Å². The van der Waals surface area contributed by atoms with E-state index in [1.54, 1.807) is 13.2 Å². The minimum Gasteiger partial charge on any atom is -0.380 e. The summed E-state index contributed by atoms with van der Waals surface area (Å²) < 4.78 is 4.96. The van der Waals surface area contributed by atoms with Crippen molar-refractivity contribution in [3.8, 4) is 0 Å². The first-order chi connectivity index (χ1) is 5.88. The first-order valence-corrected chi connectivity index (χ1v) is 3.65. The lowest BCUT2D eigenvalue weighted by Crippen LogP contribution is -1.87. The van der Waals surface area contributed by atoms with E-state index >= 15 is 0 Å². The second-order valence-electron chi connectivity index (χ2n) is 2.34. The van der Waals surface area contributed by atoms with Crippen LogP contribution in [0, 0.1) is 0 Å². The summed E-state index contributed by atoms with van der Waals surface area (Å²) in [7, 11) is 1.64. The van der Waals surface area contributed by atoms with E-state index in [-0.39, 0.29) is 0 Å². The third-order valence-electron chi connectivity index (χ3n) is 1.51. The number of nitrogens with one attached hydrogen (secondary N) is 1. The van der Waals surface area contributed by atoms with Gasteiger partial charge in [-0.2, -0.15) is 0 Å². The molecule has 12 heavy (non-hydrogen) atoms. The number of aromatic nitrogens is 1. The molecule has 0 bridgehead atoms. The van der Waals surface area contributed by atoms with Gasteiger partial charge in [-0.25, -0.2) is 0 Å². The summed E-state index contributed by atoms with van der Waals surface area (Å²) in [6.45, 7) is 0.558. The predicted octanol–water partition coefficient (Wildman–Crippen LogP) is 1.37. The standard InChI is InChI=1S/C9H11NO2/c1-12-7-8-4-5-10-9(8)3-2-6-11/h2-6,10H,7H2,1H3. The van der Waals surface area contributed by atoms with Gasteiger partial charge in [0, 0.05) is 24.6 Å². The number of carbonyl (C=O) groups excluding carboxylic acids is 1. The van der Waals surface area contributed by atoms with E-state index in [2.05, 4.69) is 4.98 Å². The van der Waals surface area contributed by atoms with Gasteiger partial charge in [-0.1, -0.05) is 0 Å². The molecule has 0 fully saturated rings. The fraction of sp³-hybridized carbons (Fsp3) is 0.222. The molecule has 64 valence electrons. The fourth-order valence-corrected chi connectivity index (χ4v) is 0.987. The zero-order chi connectivity index (χ0) is 8.81. The van der Waals surface area contributed by atoms with Crippen molar-refractivity contribution in [2.75, 3.05) is 7.11 Å². The van der Waals surface area contributed by atoms with Crippen LogP contribution in [0.1, 0.15) is 11.3 Å². The molecule has 1 aromatic rings. The van der Waals surface area contributed by atoms with E-state index in [0.29, 0.717) is 6.61 Å². The summed E-state index contributed by atoms with van der Waals surface area (Å²) >= 11 is 0. The van der Waals surface area contributed by atoms with Crippen molar-refractivity contribution in [1.82, 2.24) is 4.98 Å². The van der Waals surface area contributed by atoms with Crippen LogP contribution in [0.2, 0.25) is 0 Å². The smallest absolute Gasteiger partial charge is 0.142 e. The fourth-order valence-electron chi connectivity index (χ4n) is 0.987. The number of methoxy groups -OCH3 is 1. The molecule has 0 saturated carbocycles. The Kier molecular flexibility index (Phi) is 3.29. The third kappa shape index (κ3) is 2.07. The quantitative estimate of drug-likeness (QED) is 0.541. The molecule has 0 saturated heterocycles. The Hall–Kier alpha value is -1.35. The summed E-state index contributed by atoms with van der Waals surface area (Å²) in [5, 5.41) is 0. The van der Waals surface area contributed by atoms with E-state index in [1.165, 1.54) is 6.08 Å². The minimum atomic E-state index is 0.558. The molecule has 0 radical (unpaired) electrons. The summed E-state index contributed by atoms with van der Waals surface area (Å²) in [6.07, 6.45) is 5.74. The van der Waals surface area contributed by atoms with E-state index in [0.717, 1.165) is 17.5 Å². The third-order valence-corrected chi connectivity index (χ3v) is 1.51. The van der Waals surface area contributed by atoms with Gasteiger partial charge in [0.05, 0.1) is 6.61 Å². The van der Waals surface area contributed by atoms with Crippen LogP contribution in [0.4, 0.5) is 0 Å². The van der Waals surface area contributed by atoms with Crippen molar-refractivity contribution in [3.05, 3.63) is 29.6 Å². The van der Waals surface area contributed by atoms with Crippen LogP contribution < -0.4 is 0 Å². The first kappa shape index (κ1) is 8.74. The number of rotatable bonds is 4. The Morgan fingerprint density at radius 2 is 2.50 bits per heavy atom. The molecule has 0 aromatic carbocycles. The van der Waals surface area contributed by atoms with Crippen molar-refractivity contribution in [3.63, 3.8) is 0 Å². The van der Waals surface area contributed by atoms with Gasteiger partial charge in [0.2, 0.25) is 0 Å². The van der Waals surface area contributed by atoms with Crippen LogP contribution in [0.5, 0.6) is 0 Å². The lowest BCUT2D eigenvalue weighted by molar-refractivity contribution is -0.104. The normalized spacial score (nSPS) is 10.8. The van der Waals surface area contributed by atoms with Gasteiger partial charge in [-0.15, -0.1) is 0 Å². The summed E-state index contributed by atoms with van der Waals surface area (Å²) in [4.78, 5) is 13.0. The Morgan fingerprint density at radius 3 is 3.17 bits per heavy atom. The van der Waals surface area contributed by atoms with Gasteiger partial charge in [0.15, 0.2) is 0 Å². The highest BCUT2D eigenvalue weighted by molar-refractivity contribution is 5.73. The summed E-state index contributed by atoms with van der Waals surface area (Å²) in [5.41, 5.74) is 1.97. The summed E-state index contributed by atoms with van der Waals surface area (Å²) in [5.74, 6) is 0. The lowest BCUT2D eigenvalue weighted by atomic mass is 10.2. The topological polar surface area (TPSA) is 42.1 Å². The minimum absolute atomic E-state index is 0.558. The van der Waals surface area contributed by atoms with E-state index in [4.69, 9.17) is 4.74 Å². The van der Waals surface area contributed by atoms with Gasteiger partial charge < -0.3 is 9.72 Å². The molecule has 0 unspecified atom stereocenters. The van der Waals surface area contributed by atoms with Crippen LogP contribution in [0.15, 0.2) is 18.3 Å². The Bertz CT molecular complexity index is 276. The number of aldehydes is 1. The maximum Gasteiger partial charge on any atom is 0.142 e. The molecule has 1 heterocycles. The largest absolute Gasteiger partial charge is 0.380 e. The van der Waals surface area contributed by atoms with E-state index in [1.807, 2.05) is 12.3 Å². The number of carbonyl (C=O) groups is 1.